The highest BCUT2D eigenvalue weighted by molar-refractivity contribution is 7.10. The van der Waals surface area contributed by atoms with E-state index in [0.717, 1.165) is 9.78 Å². The van der Waals surface area contributed by atoms with Crippen LogP contribution in [0.5, 0.6) is 0 Å². The van der Waals surface area contributed by atoms with Gasteiger partial charge in [-0.15, -0.1) is 11.3 Å². The molecule has 0 radical (unpaired) electrons. The number of hydrogen-bond acceptors (Lipinski definition) is 6. The Hall–Kier alpha value is -3.00. The SMILES string of the molecule is C[C@H](NC(=O)COC(=O)CCCN1C(=O)c2ccccc2C1=O)c1cccs1. The van der Waals surface area contributed by atoms with Crippen LogP contribution in [0.1, 0.15) is 51.4 Å². The quantitative estimate of drug-likeness (QED) is 0.543. The van der Waals surface area contributed by atoms with Gasteiger partial charge in [-0.2, -0.15) is 0 Å². The zero-order chi connectivity index (χ0) is 20.1. The van der Waals surface area contributed by atoms with Gasteiger partial charge in [0.15, 0.2) is 6.61 Å². The summed E-state index contributed by atoms with van der Waals surface area (Å²) in [6, 6.07) is 10.3. The van der Waals surface area contributed by atoms with Gasteiger partial charge in [0.25, 0.3) is 17.7 Å². The Bertz CT molecular complexity index is 859. The number of nitrogens with zero attached hydrogens (tertiary/aromatic N) is 1. The summed E-state index contributed by atoms with van der Waals surface area (Å²) < 4.78 is 4.97. The number of nitrogens with one attached hydrogen (secondary N) is 1. The molecule has 0 unspecified atom stereocenters. The summed E-state index contributed by atoms with van der Waals surface area (Å²) in [5.41, 5.74) is 0.762. The zero-order valence-electron chi connectivity index (χ0n) is 15.3. The van der Waals surface area contributed by atoms with Gasteiger partial charge in [0.2, 0.25) is 0 Å². The van der Waals surface area contributed by atoms with Crippen LogP contribution in [0.4, 0.5) is 0 Å². The summed E-state index contributed by atoms with van der Waals surface area (Å²) in [6.45, 7) is 1.62. The molecule has 146 valence electrons. The first kappa shape index (κ1) is 19.8. The smallest absolute Gasteiger partial charge is 0.306 e. The predicted octanol–water partition coefficient (Wildman–Crippen LogP) is 2.54. The number of benzene rings is 1. The van der Waals surface area contributed by atoms with Crippen LogP contribution in [0.25, 0.3) is 0 Å². The van der Waals surface area contributed by atoms with Gasteiger partial charge in [-0.25, -0.2) is 0 Å². The Morgan fingerprint density at radius 1 is 1.11 bits per heavy atom. The van der Waals surface area contributed by atoms with Crippen molar-refractivity contribution in [2.45, 2.75) is 25.8 Å². The van der Waals surface area contributed by atoms with Gasteiger partial charge in [-0.05, 0) is 36.9 Å². The van der Waals surface area contributed by atoms with Gasteiger partial charge in [0.1, 0.15) is 0 Å². The summed E-state index contributed by atoms with van der Waals surface area (Å²) in [4.78, 5) is 50.3. The third kappa shape index (κ3) is 4.45. The Kier molecular flexibility index (Phi) is 6.20. The third-order valence-electron chi connectivity index (χ3n) is 4.35. The molecular formula is C20H20N2O5S. The lowest BCUT2D eigenvalue weighted by Gasteiger charge is -2.14. The molecule has 2 heterocycles. The lowest BCUT2D eigenvalue weighted by Crippen LogP contribution is -2.32. The summed E-state index contributed by atoms with van der Waals surface area (Å²) in [5.74, 6) is -1.63. The topological polar surface area (TPSA) is 92.8 Å². The van der Waals surface area contributed by atoms with E-state index in [1.54, 1.807) is 24.3 Å². The highest BCUT2D eigenvalue weighted by Crippen LogP contribution is 2.22. The van der Waals surface area contributed by atoms with Crippen molar-refractivity contribution in [3.63, 3.8) is 0 Å². The second-order valence-electron chi connectivity index (χ2n) is 6.38. The van der Waals surface area contributed by atoms with Gasteiger partial charge in [-0.3, -0.25) is 24.1 Å². The van der Waals surface area contributed by atoms with Crippen LogP contribution in [-0.4, -0.2) is 41.7 Å². The molecule has 28 heavy (non-hydrogen) atoms. The summed E-state index contributed by atoms with van der Waals surface area (Å²) in [6.07, 6.45) is 0.290. The monoisotopic (exact) mass is 400 g/mol. The van der Waals surface area contributed by atoms with E-state index in [9.17, 15) is 19.2 Å². The molecular weight excluding hydrogens is 380 g/mol. The highest BCUT2D eigenvalue weighted by Gasteiger charge is 2.34. The molecule has 0 spiro atoms. The molecule has 3 rings (SSSR count). The molecule has 8 heteroatoms. The van der Waals surface area contributed by atoms with Crippen LogP contribution in [0.15, 0.2) is 41.8 Å². The molecule has 1 aromatic carbocycles. The maximum absolute atomic E-state index is 12.2. The molecule has 7 nitrogen and oxygen atoms in total. The minimum absolute atomic E-state index is 0.0150. The third-order valence-corrected chi connectivity index (χ3v) is 5.41. The average Bonchev–Trinajstić information content (AvgIpc) is 3.30. The van der Waals surface area contributed by atoms with Gasteiger partial charge in [0, 0.05) is 17.8 Å². The summed E-state index contributed by atoms with van der Waals surface area (Å²) >= 11 is 1.53. The number of ether oxygens (including phenoxy) is 1. The normalized spacial score (nSPS) is 14.0. The number of carbonyl (C=O) groups excluding carboxylic acids is 4. The van der Waals surface area contributed by atoms with Crippen molar-refractivity contribution in [1.82, 2.24) is 10.2 Å². The van der Waals surface area contributed by atoms with Crippen molar-refractivity contribution in [2.24, 2.45) is 0 Å². The Morgan fingerprint density at radius 3 is 2.39 bits per heavy atom. The van der Waals surface area contributed by atoms with Crippen LogP contribution in [0.2, 0.25) is 0 Å². The van der Waals surface area contributed by atoms with E-state index >= 15 is 0 Å². The van der Waals surface area contributed by atoms with Gasteiger partial charge in [-0.1, -0.05) is 18.2 Å². The highest BCUT2D eigenvalue weighted by atomic mass is 32.1. The number of esters is 1. The van der Waals surface area contributed by atoms with E-state index in [1.807, 2.05) is 24.4 Å². The average molecular weight is 400 g/mol. The van der Waals surface area contributed by atoms with Gasteiger partial charge in [0.05, 0.1) is 17.2 Å². The van der Waals surface area contributed by atoms with E-state index in [1.165, 1.54) is 11.3 Å². The van der Waals surface area contributed by atoms with Crippen LogP contribution in [0, 0.1) is 0 Å². The molecule has 0 saturated carbocycles. The number of thiophene rings is 1. The van der Waals surface area contributed by atoms with Crippen molar-refractivity contribution in [1.29, 1.82) is 0 Å². The number of carbonyl (C=O) groups is 4. The van der Waals surface area contributed by atoms with Crippen LogP contribution in [-0.2, 0) is 14.3 Å². The molecule has 0 bridgehead atoms. The Labute approximate surface area is 166 Å². The fourth-order valence-corrected chi connectivity index (χ4v) is 3.67. The number of fused-ring (bicyclic) bond motifs is 1. The van der Waals surface area contributed by atoms with E-state index in [4.69, 9.17) is 4.74 Å². The second-order valence-corrected chi connectivity index (χ2v) is 7.36. The summed E-state index contributed by atoms with van der Waals surface area (Å²) in [7, 11) is 0. The van der Waals surface area contributed by atoms with E-state index in [2.05, 4.69) is 5.32 Å². The molecule has 3 amide bonds. The second kappa shape index (κ2) is 8.79. The van der Waals surface area contributed by atoms with Gasteiger partial charge >= 0.3 is 5.97 Å². The zero-order valence-corrected chi connectivity index (χ0v) is 16.2. The van der Waals surface area contributed by atoms with Crippen molar-refractivity contribution in [2.75, 3.05) is 13.2 Å². The van der Waals surface area contributed by atoms with Gasteiger partial charge < -0.3 is 10.1 Å². The molecule has 0 aliphatic carbocycles. The molecule has 0 saturated heterocycles. The van der Waals surface area contributed by atoms with Crippen LogP contribution in [0.3, 0.4) is 0 Å². The maximum Gasteiger partial charge on any atom is 0.306 e. The van der Waals surface area contributed by atoms with E-state index in [0.29, 0.717) is 11.1 Å². The van der Waals surface area contributed by atoms with E-state index < -0.39 is 5.97 Å². The first-order valence-corrected chi connectivity index (χ1v) is 9.79. The number of imide groups is 1. The van der Waals surface area contributed by atoms with Crippen molar-refractivity contribution in [3.8, 4) is 0 Å². The van der Waals surface area contributed by atoms with Crippen LogP contribution < -0.4 is 5.32 Å². The number of hydrogen-bond donors (Lipinski definition) is 1. The first-order chi connectivity index (χ1) is 13.5. The lowest BCUT2D eigenvalue weighted by atomic mass is 10.1. The standard InChI is InChI=1S/C20H20N2O5S/c1-13(16-8-5-11-28-16)21-17(23)12-27-18(24)9-4-10-22-19(25)14-6-2-3-7-15(14)20(22)26/h2-3,5-8,11,13H,4,9-10,12H2,1H3,(H,21,23)/t13-/m0/s1. The molecule has 0 fully saturated rings. The largest absolute Gasteiger partial charge is 0.456 e. The number of amides is 3. The van der Waals surface area contributed by atoms with Crippen molar-refractivity contribution in [3.05, 3.63) is 57.8 Å². The van der Waals surface area contributed by atoms with Crippen LogP contribution >= 0.6 is 11.3 Å². The molecule has 1 aliphatic rings. The maximum atomic E-state index is 12.2. The van der Waals surface area contributed by atoms with E-state index in [-0.39, 0.29) is 49.8 Å². The Morgan fingerprint density at radius 2 is 1.79 bits per heavy atom. The van der Waals surface area contributed by atoms with Crippen molar-refractivity contribution >= 4 is 35.0 Å². The minimum atomic E-state index is -0.546. The first-order valence-electron chi connectivity index (χ1n) is 8.91. The molecule has 1 atom stereocenters. The number of rotatable bonds is 8. The Balaban J connectivity index is 1.38. The van der Waals surface area contributed by atoms with Crippen molar-refractivity contribution < 1.29 is 23.9 Å². The molecule has 1 aromatic heterocycles. The molecule has 1 N–H and O–H groups in total. The minimum Gasteiger partial charge on any atom is -0.456 e. The fraction of sp³-hybridized carbons (Fsp3) is 0.300. The molecule has 2 aromatic rings. The molecule has 1 aliphatic heterocycles. The lowest BCUT2D eigenvalue weighted by molar-refractivity contribution is -0.148. The fourth-order valence-electron chi connectivity index (χ4n) is 2.93. The summed E-state index contributed by atoms with van der Waals surface area (Å²) in [5, 5.41) is 4.68. The predicted molar refractivity (Wildman–Crippen MR) is 103 cm³/mol.